The molecular formula is C16H15NO2S. The zero-order valence-electron chi connectivity index (χ0n) is 11.1. The molecule has 0 saturated heterocycles. The summed E-state index contributed by atoms with van der Waals surface area (Å²) in [5.41, 5.74) is 0.852. The van der Waals surface area contributed by atoms with Gasteiger partial charge in [0.25, 0.3) is 10.0 Å². The largest absolute Gasteiger partial charge is 0.271 e. The van der Waals surface area contributed by atoms with Gasteiger partial charge in [0.2, 0.25) is 0 Å². The summed E-state index contributed by atoms with van der Waals surface area (Å²) in [7, 11) is -3.70. The molecule has 0 amide bonds. The molecule has 0 N–H and O–H groups in total. The van der Waals surface area contributed by atoms with Crippen molar-refractivity contribution in [1.82, 2.24) is 4.31 Å². The van der Waals surface area contributed by atoms with Crippen LogP contribution in [0.1, 0.15) is 18.5 Å². The first-order chi connectivity index (χ1) is 9.57. The van der Waals surface area contributed by atoms with Gasteiger partial charge in [-0.3, -0.25) is 0 Å². The van der Waals surface area contributed by atoms with Gasteiger partial charge in [0.1, 0.15) is 0 Å². The van der Waals surface area contributed by atoms with Crippen molar-refractivity contribution >= 4 is 10.0 Å². The summed E-state index contributed by atoms with van der Waals surface area (Å²) in [6.45, 7) is 1.77. The molecule has 0 spiro atoms. The van der Waals surface area contributed by atoms with Gasteiger partial charge in [-0.05, 0) is 24.6 Å². The number of sulfonamides is 1. The summed E-state index contributed by atoms with van der Waals surface area (Å²) in [6.07, 6.45) is 5.43. The lowest BCUT2D eigenvalue weighted by atomic mass is 10.1. The van der Waals surface area contributed by atoms with E-state index in [1.54, 1.807) is 25.1 Å². The topological polar surface area (TPSA) is 37.4 Å². The van der Waals surface area contributed by atoms with E-state index in [-0.39, 0.29) is 4.90 Å². The van der Waals surface area contributed by atoms with E-state index in [2.05, 4.69) is 6.04 Å². The van der Waals surface area contributed by atoms with Crippen LogP contribution in [-0.2, 0) is 10.0 Å². The van der Waals surface area contributed by atoms with Crippen LogP contribution in [-0.4, -0.2) is 12.7 Å². The van der Waals surface area contributed by atoms with Crippen molar-refractivity contribution < 1.29 is 8.42 Å². The van der Waals surface area contributed by atoms with E-state index in [0.29, 0.717) is 0 Å². The molecule has 2 aromatic carbocycles. The van der Waals surface area contributed by atoms with Crippen molar-refractivity contribution in [1.29, 1.82) is 0 Å². The Morgan fingerprint density at radius 2 is 1.50 bits per heavy atom. The van der Waals surface area contributed by atoms with Gasteiger partial charge in [-0.2, -0.15) is 0 Å². The Bertz CT molecular complexity index is 703. The third-order valence-corrected chi connectivity index (χ3v) is 4.87. The van der Waals surface area contributed by atoms with Crippen LogP contribution in [0.4, 0.5) is 0 Å². The molecule has 0 fully saturated rings. The number of terminal acetylenes is 1. The molecule has 0 aliphatic heterocycles. The first-order valence-corrected chi connectivity index (χ1v) is 7.62. The Balaban J connectivity index is 2.41. The lowest BCUT2D eigenvalue weighted by Gasteiger charge is -2.25. The second-order valence-corrected chi connectivity index (χ2v) is 6.14. The minimum atomic E-state index is -3.70. The third kappa shape index (κ3) is 2.68. The highest BCUT2D eigenvalue weighted by molar-refractivity contribution is 7.89. The number of nitrogens with zero attached hydrogens (tertiary/aromatic N) is 1. The first-order valence-electron chi connectivity index (χ1n) is 6.18. The molecule has 4 heteroatoms. The zero-order chi connectivity index (χ0) is 14.6. The first kappa shape index (κ1) is 14.2. The van der Waals surface area contributed by atoms with E-state index >= 15 is 0 Å². The van der Waals surface area contributed by atoms with Crippen LogP contribution < -0.4 is 0 Å². The molecule has 3 nitrogen and oxygen atoms in total. The molecule has 0 aliphatic carbocycles. The molecule has 0 radical (unpaired) electrons. The summed E-state index contributed by atoms with van der Waals surface area (Å²) < 4.78 is 26.2. The molecule has 0 saturated carbocycles. The average Bonchev–Trinajstić information content (AvgIpc) is 2.49. The second-order valence-electron chi connectivity index (χ2n) is 4.33. The van der Waals surface area contributed by atoms with Crippen LogP contribution in [0.3, 0.4) is 0 Å². The number of hydrogen-bond donors (Lipinski definition) is 0. The quantitative estimate of drug-likeness (QED) is 0.639. The van der Waals surface area contributed by atoms with Crippen molar-refractivity contribution in [2.75, 3.05) is 0 Å². The fourth-order valence-corrected chi connectivity index (χ4v) is 3.37. The summed E-state index contributed by atoms with van der Waals surface area (Å²) in [5.74, 6) is 0. The summed E-state index contributed by atoms with van der Waals surface area (Å²) in [4.78, 5) is 0.195. The molecule has 0 heterocycles. The van der Waals surface area contributed by atoms with E-state index in [1.807, 2.05) is 30.3 Å². The Kier molecular flexibility index (Phi) is 4.11. The van der Waals surface area contributed by atoms with Crippen LogP contribution in [0, 0.1) is 12.5 Å². The van der Waals surface area contributed by atoms with Crippen molar-refractivity contribution in [3.8, 4) is 12.5 Å². The normalized spacial score (nSPS) is 12.4. The standard InChI is InChI=1S/C16H15NO2S/c1-3-17(14(2)15-10-6-4-7-11-15)20(18,19)16-12-8-5-9-13-16/h1,4-14H,2H3. The van der Waals surface area contributed by atoms with Crippen molar-refractivity contribution in [2.24, 2.45) is 0 Å². The SMILES string of the molecule is C#CN(C(C)c1ccccc1)S(=O)(=O)c1ccccc1. The van der Waals surface area contributed by atoms with Crippen LogP contribution in [0.25, 0.3) is 0 Å². The lowest BCUT2D eigenvalue weighted by molar-refractivity contribution is 0.447. The van der Waals surface area contributed by atoms with Gasteiger partial charge in [-0.15, -0.1) is 0 Å². The molecule has 2 aromatic rings. The average molecular weight is 285 g/mol. The van der Waals surface area contributed by atoms with E-state index in [9.17, 15) is 8.42 Å². The van der Waals surface area contributed by atoms with Gasteiger partial charge in [-0.25, -0.2) is 12.7 Å². The molecule has 2 rings (SSSR count). The van der Waals surface area contributed by atoms with E-state index in [4.69, 9.17) is 6.42 Å². The highest BCUT2D eigenvalue weighted by atomic mass is 32.2. The van der Waals surface area contributed by atoms with Gasteiger partial charge in [0, 0.05) is 6.04 Å². The van der Waals surface area contributed by atoms with Crippen LogP contribution in [0.2, 0.25) is 0 Å². The van der Waals surface area contributed by atoms with E-state index in [0.717, 1.165) is 9.87 Å². The molecule has 20 heavy (non-hydrogen) atoms. The predicted octanol–water partition coefficient (Wildman–Crippen LogP) is 3.03. The van der Waals surface area contributed by atoms with Crippen LogP contribution >= 0.6 is 0 Å². The highest BCUT2D eigenvalue weighted by Gasteiger charge is 2.27. The molecule has 1 atom stereocenters. The maximum Gasteiger partial charge on any atom is 0.271 e. The smallest absolute Gasteiger partial charge is 0.217 e. The highest BCUT2D eigenvalue weighted by Crippen LogP contribution is 2.26. The minimum Gasteiger partial charge on any atom is -0.217 e. The predicted molar refractivity (Wildman–Crippen MR) is 79.2 cm³/mol. The number of rotatable bonds is 4. The lowest BCUT2D eigenvalue weighted by Crippen LogP contribution is -2.29. The Morgan fingerprint density at radius 3 is 2.00 bits per heavy atom. The summed E-state index contributed by atoms with van der Waals surface area (Å²) in [5, 5.41) is 0. The van der Waals surface area contributed by atoms with Crippen molar-refractivity contribution in [2.45, 2.75) is 17.9 Å². The van der Waals surface area contributed by atoms with Crippen LogP contribution in [0.15, 0.2) is 65.6 Å². The van der Waals surface area contributed by atoms with Gasteiger partial charge in [-0.1, -0.05) is 55.0 Å². The summed E-state index contributed by atoms with van der Waals surface area (Å²) >= 11 is 0. The van der Waals surface area contributed by atoms with Gasteiger partial charge in [0.05, 0.1) is 10.9 Å². The second kappa shape index (κ2) is 5.81. The Labute approximate surface area is 119 Å². The monoisotopic (exact) mass is 285 g/mol. The molecule has 0 aromatic heterocycles. The molecular weight excluding hydrogens is 270 g/mol. The molecule has 1 unspecified atom stereocenters. The van der Waals surface area contributed by atoms with Gasteiger partial charge in [0.15, 0.2) is 0 Å². The van der Waals surface area contributed by atoms with Crippen molar-refractivity contribution in [3.63, 3.8) is 0 Å². The maximum atomic E-state index is 12.6. The van der Waals surface area contributed by atoms with E-state index in [1.165, 1.54) is 12.1 Å². The number of hydrogen-bond acceptors (Lipinski definition) is 2. The van der Waals surface area contributed by atoms with Crippen LogP contribution in [0.5, 0.6) is 0 Å². The molecule has 0 aliphatic rings. The third-order valence-electron chi connectivity index (χ3n) is 3.06. The Hall–Kier alpha value is -2.25. The zero-order valence-corrected chi connectivity index (χ0v) is 11.9. The fourth-order valence-electron chi connectivity index (χ4n) is 1.96. The minimum absolute atomic E-state index is 0.195. The fraction of sp³-hybridized carbons (Fsp3) is 0.125. The molecule has 102 valence electrons. The summed E-state index contributed by atoms with van der Waals surface area (Å²) in [6, 6.07) is 19.4. The molecule has 0 bridgehead atoms. The van der Waals surface area contributed by atoms with Crippen molar-refractivity contribution in [3.05, 3.63) is 66.2 Å². The maximum absolute atomic E-state index is 12.6. The Morgan fingerprint density at radius 1 is 1.00 bits per heavy atom. The number of benzene rings is 2. The van der Waals surface area contributed by atoms with E-state index < -0.39 is 16.1 Å². The van der Waals surface area contributed by atoms with Gasteiger partial charge < -0.3 is 0 Å². The van der Waals surface area contributed by atoms with Gasteiger partial charge >= 0.3 is 0 Å².